The Labute approximate surface area is 109 Å². The van der Waals surface area contributed by atoms with Crippen molar-refractivity contribution in [2.45, 2.75) is 13.8 Å². The first kappa shape index (κ1) is 13.7. The minimum Gasteiger partial charge on any atom is -0.368 e. The number of thioether (sulfide) groups is 1. The molecule has 1 heterocycles. The van der Waals surface area contributed by atoms with Gasteiger partial charge in [-0.1, -0.05) is 30.8 Å². The van der Waals surface area contributed by atoms with Crippen LogP contribution in [0.2, 0.25) is 0 Å². The van der Waals surface area contributed by atoms with Gasteiger partial charge in [0.05, 0.1) is 5.88 Å². The molecule has 1 aromatic carbocycles. The van der Waals surface area contributed by atoms with Gasteiger partial charge in [-0.05, 0) is 36.5 Å². The van der Waals surface area contributed by atoms with Gasteiger partial charge >= 0.3 is 0 Å². The van der Waals surface area contributed by atoms with E-state index in [1.807, 2.05) is 36.0 Å². The first-order valence-corrected chi connectivity index (χ1v) is 6.76. The van der Waals surface area contributed by atoms with Crippen LogP contribution in [0.5, 0.6) is 0 Å². The molecule has 0 radical (unpaired) electrons. The fourth-order valence-corrected chi connectivity index (χ4v) is 2.17. The van der Waals surface area contributed by atoms with Crippen LogP contribution in [-0.4, -0.2) is 17.3 Å². The van der Waals surface area contributed by atoms with Crippen LogP contribution in [0.15, 0.2) is 48.2 Å². The Balaban J connectivity index is 0.000000181. The Kier molecular flexibility index (Phi) is 6.31. The van der Waals surface area contributed by atoms with Crippen molar-refractivity contribution in [2.75, 3.05) is 12.4 Å². The van der Waals surface area contributed by atoms with Crippen molar-refractivity contribution in [1.82, 2.24) is 4.90 Å². The molecule has 1 aromatic rings. The second-order valence-corrected chi connectivity index (χ2v) is 4.55. The number of aryl methyl sites for hydroxylation is 1. The molecule has 0 bridgehead atoms. The Morgan fingerprint density at radius 1 is 1.47 bits per heavy atom. The highest BCUT2D eigenvalue weighted by atomic mass is 32.2. The lowest BCUT2D eigenvalue weighted by atomic mass is 10.1. The summed E-state index contributed by atoms with van der Waals surface area (Å²) in [4.78, 5) is 2.27. The molecule has 90 valence electrons. The van der Waals surface area contributed by atoms with Gasteiger partial charge in [0.15, 0.2) is 0 Å². The topological polar surface area (TPSA) is 3.24 Å². The molecule has 0 fully saturated rings. The molecule has 1 aliphatic heterocycles. The summed E-state index contributed by atoms with van der Waals surface area (Å²) in [5.41, 5.74) is 5.20. The van der Waals surface area contributed by atoms with E-state index in [2.05, 4.69) is 48.7 Å². The van der Waals surface area contributed by atoms with Crippen LogP contribution < -0.4 is 0 Å². The van der Waals surface area contributed by atoms with Gasteiger partial charge in [0.1, 0.15) is 0 Å². The third-order valence-electron chi connectivity index (χ3n) is 2.46. The van der Waals surface area contributed by atoms with Crippen molar-refractivity contribution in [3.8, 4) is 0 Å². The van der Waals surface area contributed by atoms with Gasteiger partial charge in [0.25, 0.3) is 0 Å². The molecular formula is C15H19NS. The highest BCUT2D eigenvalue weighted by Crippen LogP contribution is 2.13. The van der Waals surface area contributed by atoms with Crippen LogP contribution in [-0.2, 0) is 0 Å². The SMILES string of the molecule is C=C=Cc1ccccc1C.CCN1C=CSC1. The maximum Gasteiger partial charge on any atom is 0.0674 e. The minimum absolute atomic E-state index is 1.14. The summed E-state index contributed by atoms with van der Waals surface area (Å²) in [6.07, 6.45) is 4.01. The summed E-state index contributed by atoms with van der Waals surface area (Å²) in [5.74, 6) is 1.15. The van der Waals surface area contributed by atoms with Crippen LogP contribution in [0.1, 0.15) is 18.1 Å². The van der Waals surface area contributed by atoms with Crippen molar-refractivity contribution in [2.24, 2.45) is 0 Å². The second-order valence-electron chi connectivity index (χ2n) is 3.69. The summed E-state index contributed by atoms with van der Waals surface area (Å²) < 4.78 is 0. The number of benzene rings is 1. The van der Waals surface area contributed by atoms with Crippen LogP contribution in [0.25, 0.3) is 6.08 Å². The van der Waals surface area contributed by atoms with Crippen LogP contribution in [0.3, 0.4) is 0 Å². The van der Waals surface area contributed by atoms with E-state index in [0.29, 0.717) is 0 Å². The van der Waals surface area contributed by atoms with Crippen LogP contribution in [0, 0.1) is 6.92 Å². The number of rotatable bonds is 2. The third-order valence-corrected chi connectivity index (χ3v) is 3.26. The highest BCUT2D eigenvalue weighted by Gasteiger charge is 1.98. The van der Waals surface area contributed by atoms with E-state index < -0.39 is 0 Å². The molecule has 0 N–H and O–H groups in total. The fraction of sp³-hybridized carbons (Fsp3) is 0.267. The lowest BCUT2D eigenvalue weighted by Gasteiger charge is -2.08. The molecule has 1 aliphatic rings. The van der Waals surface area contributed by atoms with Gasteiger partial charge in [0.2, 0.25) is 0 Å². The van der Waals surface area contributed by atoms with Crippen molar-refractivity contribution in [3.05, 3.63) is 59.3 Å². The van der Waals surface area contributed by atoms with Gasteiger partial charge in [-0.25, -0.2) is 0 Å². The predicted octanol–water partition coefficient (Wildman–Crippen LogP) is 4.28. The first-order valence-electron chi connectivity index (χ1n) is 5.71. The summed E-state index contributed by atoms with van der Waals surface area (Å²) in [7, 11) is 0. The zero-order valence-electron chi connectivity index (χ0n) is 10.5. The number of hydrogen-bond acceptors (Lipinski definition) is 2. The normalized spacial score (nSPS) is 12.7. The average molecular weight is 245 g/mol. The first-order chi connectivity index (χ1) is 8.27. The van der Waals surface area contributed by atoms with Gasteiger partial charge in [-0.2, -0.15) is 0 Å². The van der Waals surface area contributed by atoms with Crippen LogP contribution in [0.4, 0.5) is 0 Å². The molecule has 2 rings (SSSR count). The quantitative estimate of drug-likeness (QED) is 0.716. The van der Waals surface area contributed by atoms with E-state index >= 15 is 0 Å². The molecule has 0 spiro atoms. The zero-order valence-corrected chi connectivity index (χ0v) is 11.3. The van der Waals surface area contributed by atoms with E-state index in [1.54, 1.807) is 0 Å². The second kappa shape index (κ2) is 7.83. The molecule has 0 unspecified atom stereocenters. The van der Waals surface area contributed by atoms with Crippen molar-refractivity contribution in [3.63, 3.8) is 0 Å². The van der Waals surface area contributed by atoms with E-state index in [9.17, 15) is 0 Å². The molecule has 17 heavy (non-hydrogen) atoms. The maximum absolute atomic E-state index is 3.52. The van der Waals surface area contributed by atoms with E-state index in [0.717, 1.165) is 12.4 Å². The molecule has 1 nitrogen and oxygen atoms in total. The molecule has 0 saturated carbocycles. The summed E-state index contributed by atoms with van der Waals surface area (Å²) >= 11 is 1.85. The highest BCUT2D eigenvalue weighted by molar-refractivity contribution is 8.02. The molecule has 0 aliphatic carbocycles. The summed E-state index contributed by atoms with van der Waals surface area (Å²) in [5, 5.41) is 2.13. The van der Waals surface area contributed by atoms with Gasteiger partial charge in [-0.15, -0.1) is 17.5 Å². The van der Waals surface area contributed by atoms with Crippen LogP contribution >= 0.6 is 11.8 Å². The van der Waals surface area contributed by atoms with E-state index in [-0.39, 0.29) is 0 Å². The summed E-state index contributed by atoms with van der Waals surface area (Å²) in [6.45, 7) is 8.89. The maximum atomic E-state index is 3.52. The minimum atomic E-state index is 1.14. The molecule has 0 atom stereocenters. The molecule has 0 aromatic heterocycles. The number of nitrogens with zero attached hydrogens (tertiary/aromatic N) is 1. The van der Waals surface area contributed by atoms with Crippen molar-refractivity contribution >= 4 is 17.8 Å². The third kappa shape index (κ3) is 4.99. The smallest absolute Gasteiger partial charge is 0.0674 e. The Hall–Kier alpha value is -1.37. The fourth-order valence-electron chi connectivity index (χ4n) is 1.37. The molecule has 0 saturated heterocycles. The Morgan fingerprint density at radius 2 is 2.24 bits per heavy atom. The van der Waals surface area contributed by atoms with Crippen molar-refractivity contribution in [1.29, 1.82) is 0 Å². The molecular weight excluding hydrogens is 226 g/mol. The van der Waals surface area contributed by atoms with Gasteiger partial charge in [-0.3, -0.25) is 0 Å². The molecule has 2 heteroatoms. The van der Waals surface area contributed by atoms with E-state index in [1.165, 1.54) is 11.1 Å². The van der Waals surface area contributed by atoms with E-state index in [4.69, 9.17) is 0 Å². The lowest BCUT2D eigenvalue weighted by Crippen LogP contribution is -2.10. The largest absolute Gasteiger partial charge is 0.368 e. The average Bonchev–Trinajstić information content (AvgIpc) is 2.86. The number of hydrogen-bond donors (Lipinski definition) is 0. The zero-order chi connectivity index (χ0) is 12.5. The summed E-state index contributed by atoms with van der Waals surface area (Å²) in [6, 6.07) is 8.16. The lowest BCUT2D eigenvalue weighted by molar-refractivity contribution is 0.474. The standard InChI is InChI=1S/C10H10.C5H9NS/c1-3-6-10-8-5-4-7-9(10)2;1-2-6-3-4-7-5-6/h4-8H,1H2,2H3;3-4H,2,5H2,1H3. The Morgan fingerprint density at radius 3 is 2.71 bits per heavy atom. The van der Waals surface area contributed by atoms with Gasteiger partial charge in [0, 0.05) is 12.7 Å². The monoisotopic (exact) mass is 245 g/mol. The van der Waals surface area contributed by atoms with Crippen molar-refractivity contribution < 1.29 is 0 Å². The predicted molar refractivity (Wildman–Crippen MR) is 78.8 cm³/mol. The van der Waals surface area contributed by atoms with Gasteiger partial charge < -0.3 is 4.90 Å². The Bertz CT molecular complexity index is 417. The molecule has 0 amide bonds.